The van der Waals surface area contributed by atoms with Crippen molar-refractivity contribution in [3.63, 3.8) is 0 Å². The topological polar surface area (TPSA) is 50.4 Å². The zero-order chi connectivity index (χ0) is 20.9. The molecule has 0 bridgehead atoms. The van der Waals surface area contributed by atoms with E-state index in [1.54, 1.807) is 30.3 Å². The number of alkyl halides is 3. The highest BCUT2D eigenvalue weighted by Crippen LogP contribution is 2.30. The number of rotatable bonds is 6. The Morgan fingerprint density at radius 2 is 1.66 bits per heavy atom. The number of hydrogen-bond acceptors (Lipinski definition) is 3. The molecule has 0 unspecified atom stereocenters. The summed E-state index contributed by atoms with van der Waals surface area (Å²) in [5.41, 5.74) is 4.97. The largest absolute Gasteiger partial charge is 0.488 e. The fourth-order valence-corrected chi connectivity index (χ4v) is 2.49. The van der Waals surface area contributed by atoms with Crippen LogP contribution in [0.3, 0.4) is 0 Å². The van der Waals surface area contributed by atoms with Crippen molar-refractivity contribution in [1.29, 1.82) is 0 Å². The summed E-state index contributed by atoms with van der Waals surface area (Å²) in [6.45, 7) is 0.117. The van der Waals surface area contributed by atoms with E-state index in [0.717, 1.165) is 12.1 Å². The zero-order valence-corrected chi connectivity index (χ0v) is 15.0. The van der Waals surface area contributed by atoms with Gasteiger partial charge in [0.05, 0.1) is 16.8 Å². The van der Waals surface area contributed by atoms with E-state index in [2.05, 4.69) is 10.9 Å². The molecule has 29 heavy (non-hydrogen) atoms. The van der Waals surface area contributed by atoms with E-state index in [0.29, 0.717) is 5.56 Å². The Labute approximate surface area is 164 Å². The Bertz CT molecular complexity index is 988. The Balaban J connectivity index is 1.66. The van der Waals surface area contributed by atoms with Gasteiger partial charge < -0.3 is 4.74 Å². The maximum Gasteiger partial charge on any atom is 0.416 e. The summed E-state index contributed by atoms with van der Waals surface area (Å²) in [7, 11) is 0. The molecule has 0 atom stereocenters. The molecule has 0 fully saturated rings. The van der Waals surface area contributed by atoms with Crippen LogP contribution in [0, 0.1) is 5.82 Å². The van der Waals surface area contributed by atoms with Gasteiger partial charge in [-0.1, -0.05) is 30.3 Å². The van der Waals surface area contributed by atoms with Crippen LogP contribution in [0.25, 0.3) is 0 Å². The standard InChI is InChI=1S/C21H16F4N2O2/c22-16-10-8-14(9-11-16)13-29-19-7-2-1-6-18(19)20(28)27-26-17-5-3-4-15(12-17)21(23,24)25/h1-12,26H,13H2,(H,27,28). The van der Waals surface area contributed by atoms with Crippen LogP contribution in [0.4, 0.5) is 23.2 Å². The number of carbonyl (C=O) groups is 1. The van der Waals surface area contributed by atoms with E-state index in [4.69, 9.17) is 4.74 Å². The second kappa shape index (κ2) is 8.64. The van der Waals surface area contributed by atoms with Gasteiger partial charge in [-0.3, -0.25) is 15.6 Å². The first-order valence-corrected chi connectivity index (χ1v) is 8.53. The molecular formula is C21H16F4N2O2. The van der Waals surface area contributed by atoms with Gasteiger partial charge in [0.1, 0.15) is 18.2 Å². The third-order valence-electron chi connectivity index (χ3n) is 3.95. The molecule has 0 aliphatic heterocycles. The quantitative estimate of drug-likeness (QED) is 0.440. The normalized spacial score (nSPS) is 11.0. The summed E-state index contributed by atoms with van der Waals surface area (Å²) < 4.78 is 56.9. The number of benzene rings is 3. The highest BCUT2D eigenvalue weighted by Gasteiger charge is 2.30. The van der Waals surface area contributed by atoms with E-state index < -0.39 is 17.6 Å². The number of hydrogen-bond donors (Lipinski definition) is 2. The van der Waals surface area contributed by atoms with Gasteiger partial charge in [-0.25, -0.2) is 4.39 Å². The van der Waals surface area contributed by atoms with Gasteiger partial charge in [0.2, 0.25) is 0 Å². The van der Waals surface area contributed by atoms with Crippen LogP contribution in [0.1, 0.15) is 21.5 Å². The van der Waals surface area contributed by atoms with Crippen molar-refractivity contribution < 1.29 is 27.1 Å². The second-order valence-corrected chi connectivity index (χ2v) is 6.07. The molecule has 8 heteroatoms. The molecular weight excluding hydrogens is 388 g/mol. The average molecular weight is 404 g/mol. The summed E-state index contributed by atoms with van der Waals surface area (Å²) in [4.78, 5) is 12.5. The summed E-state index contributed by atoms with van der Waals surface area (Å²) in [5.74, 6) is -0.675. The van der Waals surface area contributed by atoms with Crippen molar-refractivity contribution in [2.45, 2.75) is 12.8 Å². The first-order valence-electron chi connectivity index (χ1n) is 8.53. The molecule has 2 N–H and O–H groups in total. The fourth-order valence-electron chi connectivity index (χ4n) is 2.49. The fraction of sp³-hybridized carbons (Fsp3) is 0.0952. The predicted molar refractivity (Wildman–Crippen MR) is 99.7 cm³/mol. The number of carbonyl (C=O) groups excluding carboxylic acids is 1. The molecule has 0 saturated carbocycles. The lowest BCUT2D eigenvalue weighted by Crippen LogP contribution is -2.29. The van der Waals surface area contributed by atoms with Crippen molar-refractivity contribution in [3.05, 3.63) is 95.3 Å². The van der Waals surface area contributed by atoms with Gasteiger partial charge in [0, 0.05) is 0 Å². The van der Waals surface area contributed by atoms with Crippen molar-refractivity contribution in [3.8, 4) is 5.75 Å². The van der Waals surface area contributed by atoms with E-state index in [1.807, 2.05) is 0 Å². The molecule has 0 aromatic heterocycles. The Kier molecular flexibility index (Phi) is 6.01. The number of hydrazine groups is 1. The first-order chi connectivity index (χ1) is 13.8. The predicted octanol–water partition coefficient (Wildman–Crippen LogP) is 5.18. The lowest BCUT2D eigenvalue weighted by Gasteiger charge is -2.14. The van der Waals surface area contributed by atoms with Crippen LogP contribution in [0.2, 0.25) is 0 Å². The molecule has 0 aliphatic rings. The maximum absolute atomic E-state index is 13.0. The van der Waals surface area contributed by atoms with Crippen LogP contribution in [0.15, 0.2) is 72.8 Å². The molecule has 0 aliphatic carbocycles. The summed E-state index contributed by atoms with van der Waals surface area (Å²) in [6.07, 6.45) is -4.48. The van der Waals surface area contributed by atoms with E-state index in [-0.39, 0.29) is 29.4 Å². The molecule has 0 saturated heterocycles. The molecule has 0 spiro atoms. The molecule has 3 aromatic carbocycles. The lowest BCUT2D eigenvalue weighted by molar-refractivity contribution is -0.137. The smallest absolute Gasteiger partial charge is 0.416 e. The van der Waals surface area contributed by atoms with Crippen molar-refractivity contribution in [1.82, 2.24) is 5.43 Å². The third kappa shape index (κ3) is 5.47. The molecule has 3 aromatic rings. The molecule has 3 rings (SSSR count). The molecule has 0 heterocycles. The molecule has 1 amide bonds. The van der Waals surface area contributed by atoms with Gasteiger partial charge in [-0.2, -0.15) is 13.2 Å². The third-order valence-corrected chi connectivity index (χ3v) is 3.95. The van der Waals surface area contributed by atoms with Crippen LogP contribution < -0.4 is 15.6 Å². The minimum atomic E-state index is -4.48. The van der Waals surface area contributed by atoms with Gasteiger partial charge >= 0.3 is 6.18 Å². The van der Waals surface area contributed by atoms with Crippen LogP contribution >= 0.6 is 0 Å². The van der Waals surface area contributed by atoms with Gasteiger partial charge in [0.15, 0.2) is 0 Å². The summed E-state index contributed by atoms with van der Waals surface area (Å²) >= 11 is 0. The average Bonchev–Trinajstić information content (AvgIpc) is 2.71. The Morgan fingerprint density at radius 3 is 2.38 bits per heavy atom. The number of amides is 1. The van der Waals surface area contributed by atoms with Gasteiger partial charge in [-0.15, -0.1) is 0 Å². The van der Waals surface area contributed by atoms with Crippen molar-refractivity contribution in [2.24, 2.45) is 0 Å². The molecule has 4 nitrogen and oxygen atoms in total. The van der Waals surface area contributed by atoms with Gasteiger partial charge in [-0.05, 0) is 48.0 Å². The highest BCUT2D eigenvalue weighted by molar-refractivity contribution is 5.97. The number of halogens is 4. The number of para-hydroxylation sites is 1. The summed E-state index contributed by atoms with van der Waals surface area (Å²) in [6, 6.07) is 16.6. The molecule has 150 valence electrons. The van der Waals surface area contributed by atoms with Crippen LogP contribution in [-0.4, -0.2) is 5.91 Å². The maximum atomic E-state index is 13.0. The second-order valence-electron chi connectivity index (χ2n) is 6.07. The number of nitrogens with one attached hydrogen (secondary N) is 2. The van der Waals surface area contributed by atoms with Gasteiger partial charge in [0.25, 0.3) is 5.91 Å². The molecule has 0 radical (unpaired) electrons. The Morgan fingerprint density at radius 1 is 0.931 bits per heavy atom. The minimum Gasteiger partial charge on any atom is -0.488 e. The lowest BCUT2D eigenvalue weighted by atomic mass is 10.2. The van der Waals surface area contributed by atoms with Crippen LogP contribution in [-0.2, 0) is 12.8 Å². The number of ether oxygens (including phenoxy) is 1. The SMILES string of the molecule is O=C(NNc1cccc(C(F)(F)F)c1)c1ccccc1OCc1ccc(F)cc1. The minimum absolute atomic E-state index is 0.0814. The van der Waals surface area contributed by atoms with Crippen LogP contribution in [0.5, 0.6) is 5.75 Å². The Hall–Kier alpha value is -3.55. The summed E-state index contributed by atoms with van der Waals surface area (Å²) in [5, 5.41) is 0. The monoisotopic (exact) mass is 404 g/mol. The van der Waals surface area contributed by atoms with Crippen molar-refractivity contribution >= 4 is 11.6 Å². The van der Waals surface area contributed by atoms with Crippen molar-refractivity contribution in [2.75, 3.05) is 5.43 Å². The van der Waals surface area contributed by atoms with E-state index in [1.165, 1.54) is 30.3 Å². The zero-order valence-electron chi connectivity index (χ0n) is 15.0. The first kappa shape index (κ1) is 20.2. The number of anilines is 1. The van der Waals surface area contributed by atoms with E-state index in [9.17, 15) is 22.4 Å². The highest BCUT2D eigenvalue weighted by atomic mass is 19.4. The van der Waals surface area contributed by atoms with E-state index >= 15 is 0 Å².